The second kappa shape index (κ2) is 10.3. The highest BCUT2D eigenvalue weighted by atomic mass is 79.9. The number of amides is 2. The minimum absolute atomic E-state index is 0.0278. The van der Waals surface area contributed by atoms with E-state index in [4.69, 9.17) is 4.74 Å². The van der Waals surface area contributed by atoms with Crippen LogP contribution in [-0.2, 0) is 9.53 Å². The maximum Gasteiger partial charge on any atom is 0.407 e. The molecule has 0 heterocycles. The van der Waals surface area contributed by atoms with E-state index in [-0.39, 0.29) is 12.0 Å². The number of carbonyl (C=O) groups is 2. The maximum atomic E-state index is 11.8. The van der Waals surface area contributed by atoms with Crippen molar-refractivity contribution in [2.24, 2.45) is 0 Å². The van der Waals surface area contributed by atoms with Crippen molar-refractivity contribution in [2.75, 3.05) is 11.9 Å². The van der Waals surface area contributed by atoms with Gasteiger partial charge in [0.25, 0.3) is 0 Å². The molecule has 0 aliphatic carbocycles. The summed E-state index contributed by atoms with van der Waals surface area (Å²) >= 11 is 3.38. The summed E-state index contributed by atoms with van der Waals surface area (Å²) in [5.74, 6) is 0.0278. The van der Waals surface area contributed by atoms with Crippen molar-refractivity contribution in [2.45, 2.75) is 58.5 Å². The van der Waals surface area contributed by atoms with Gasteiger partial charge in [0.05, 0.1) is 0 Å². The van der Waals surface area contributed by atoms with Crippen molar-refractivity contribution in [3.63, 3.8) is 0 Å². The monoisotopic (exact) mass is 398 g/mol. The Bertz CT molecular complexity index is 541. The first kappa shape index (κ1) is 20.5. The molecular formula is C18H27BrN2O3. The third kappa shape index (κ3) is 10.3. The van der Waals surface area contributed by atoms with E-state index in [2.05, 4.69) is 26.6 Å². The Morgan fingerprint density at radius 3 is 2.50 bits per heavy atom. The predicted octanol–water partition coefficient (Wildman–Crippen LogP) is 4.86. The number of ether oxygens (including phenoxy) is 1. The van der Waals surface area contributed by atoms with Crippen molar-refractivity contribution in [1.82, 2.24) is 5.32 Å². The Kier molecular flexibility index (Phi) is 8.82. The Morgan fingerprint density at radius 1 is 1.12 bits per heavy atom. The van der Waals surface area contributed by atoms with Gasteiger partial charge in [-0.15, -0.1) is 0 Å². The van der Waals surface area contributed by atoms with Crippen molar-refractivity contribution < 1.29 is 14.3 Å². The SMILES string of the molecule is CC(C)(C)OC(=O)NCCCCCCC(=O)Nc1cccc(Br)c1. The van der Waals surface area contributed by atoms with Crippen LogP contribution in [0.15, 0.2) is 28.7 Å². The van der Waals surface area contributed by atoms with Gasteiger partial charge < -0.3 is 15.4 Å². The summed E-state index contributed by atoms with van der Waals surface area (Å²) in [6, 6.07) is 7.55. The lowest BCUT2D eigenvalue weighted by Gasteiger charge is -2.19. The molecule has 1 aromatic rings. The van der Waals surface area contributed by atoms with E-state index in [9.17, 15) is 9.59 Å². The summed E-state index contributed by atoms with van der Waals surface area (Å²) in [5, 5.41) is 5.61. The van der Waals surface area contributed by atoms with Crippen molar-refractivity contribution in [3.8, 4) is 0 Å². The number of anilines is 1. The summed E-state index contributed by atoms with van der Waals surface area (Å²) in [5.41, 5.74) is 0.335. The fraction of sp³-hybridized carbons (Fsp3) is 0.556. The molecule has 134 valence electrons. The van der Waals surface area contributed by atoms with E-state index in [0.29, 0.717) is 13.0 Å². The van der Waals surface area contributed by atoms with Gasteiger partial charge in [-0.25, -0.2) is 4.79 Å². The van der Waals surface area contributed by atoms with Crippen LogP contribution in [0.1, 0.15) is 52.9 Å². The Hall–Kier alpha value is -1.56. The third-order valence-electron chi connectivity index (χ3n) is 3.11. The molecule has 0 fully saturated rings. The van der Waals surface area contributed by atoms with E-state index in [1.54, 1.807) is 0 Å². The fourth-order valence-electron chi connectivity index (χ4n) is 2.06. The molecule has 0 radical (unpaired) electrons. The van der Waals surface area contributed by atoms with Gasteiger partial charge in [0.2, 0.25) is 5.91 Å². The quantitative estimate of drug-likeness (QED) is 0.614. The molecule has 5 nitrogen and oxygen atoms in total. The first-order chi connectivity index (χ1) is 11.3. The fourth-order valence-corrected chi connectivity index (χ4v) is 2.46. The normalized spacial score (nSPS) is 11.0. The molecule has 6 heteroatoms. The third-order valence-corrected chi connectivity index (χ3v) is 3.60. The minimum atomic E-state index is -0.466. The molecule has 0 saturated heterocycles. The van der Waals surface area contributed by atoms with Crippen LogP contribution in [0.5, 0.6) is 0 Å². The van der Waals surface area contributed by atoms with Crippen LogP contribution in [-0.4, -0.2) is 24.1 Å². The zero-order valence-corrected chi connectivity index (χ0v) is 16.2. The summed E-state index contributed by atoms with van der Waals surface area (Å²) < 4.78 is 6.10. The molecule has 0 spiro atoms. The lowest BCUT2D eigenvalue weighted by molar-refractivity contribution is -0.116. The highest BCUT2D eigenvalue weighted by molar-refractivity contribution is 9.10. The summed E-state index contributed by atoms with van der Waals surface area (Å²) in [6.07, 6.45) is 3.78. The van der Waals surface area contributed by atoms with Crippen LogP contribution >= 0.6 is 15.9 Å². The van der Waals surface area contributed by atoms with Crippen LogP contribution in [0.4, 0.5) is 10.5 Å². The first-order valence-electron chi connectivity index (χ1n) is 8.28. The molecule has 2 N–H and O–H groups in total. The molecule has 0 aromatic heterocycles. The van der Waals surface area contributed by atoms with Crippen molar-refractivity contribution in [3.05, 3.63) is 28.7 Å². The van der Waals surface area contributed by atoms with E-state index in [0.717, 1.165) is 35.8 Å². The second-order valence-electron chi connectivity index (χ2n) is 6.65. The lowest BCUT2D eigenvalue weighted by Crippen LogP contribution is -2.32. The van der Waals surface area contributed by atoms with Gasteiger partial charge >= 0.3 is 6.09 Å². The van der Waals surface area contributed by atoms with Gasteiger partial charge in [0.15, 0.2) is 0 Å². The van der Waals surface area contributed by atoms with Crippen LogP contribution in [0.25, 0.3) is 0 Å². The maximum absolute atomic E-state index is 11.8. The summed E-state index contributed by atoms with van der Waals surface area (Å²) in [6.45, 7) is 6.11. The molecule has 0 atom stereocenters. The predicted molar refractivity (Wildman–Crippen MR) is 100 cm³/mol. The van der Waals surface area contributed by atoms with Gasteiger partial charge in [-0.05, 0) is 51.8 Å². The lowest BCUT2D eigenvalue weighted by atomic mass is 10.1. The van der Waals surface area contributed by atoms with Gasteiger partial charge in [0, 0.05) is 23.1 Å². The van der Waals surface area contributed by atoms with E-state index in [1.807, 2.05) is 45.0 Å². The van der Waals surface area contributed by atoms with Crippen LogP contribution in [0, 0.1) is 0 Å². The molecule has 1 aromatic carbocycles. The smallest absolute Gasteiger partial charge is 0.407 e. The Morgan fingerprint density at radius 2 is 1.83 bits per heavy atom. The van der Waals surface area contributed by atoms with Crippen molar-refractivity contribution >= 4 is 33.6 Å². The first-order valence-corrected chi connectivity index (χ1v) is 9.08. The molecule has 0 unspecified atom stereocenters. The molecular weight excluding hydrogens is 372 g/mol. The standard InChI is InChI=1S/C18H27BrN2O3/c1-18(2,3)24-17(23)20-12-7-5-4-6-11-16(22)21-15-10-8-9-14(19)13-15/h8-10,13H,4-7,11-12H2,1-3H3,(H,20,23)(H,21,22). The number of rotatable bonds is 8. The average Bonchev–Trinajstić information content (AvgIpc) is 2.44. The number of alkyl carbamates (subject to hydrolysis) is 1. The number of halogens is 1. The second-order valence-corrected chi connectivity index (χ2v) is 7.57. The summed E-state index contributed by atoms with van der Waals surface area (Å²) in [7, 11) is 0. The zero-order valence-electron chi connectivity index (χ0n) is 14.7. The number of hydrogen-bond donors (Lipinski definition) is 2. The molecule has 24 heavy (non-hydrogen) atoms. The van der Waals surface area contributed by atoms with Gasteiger partial charge in [-0.3, -0.25) is 4.79 Å². The molecule has 1 rings (SSSR count). The van der Waals surface area contributed by atoms with Crippen LogP contribution in [0.3, 0.4) is 0 Å². The van der Waals surface area contributed by atoms with Gasteiger partial charge in [-0.2, -0.15) is 0 Å². The number of nitrogens with one attached hydrogen (secondary N) is 2. The molecule has 0 aliphatic rings. The highest BCUT2D eigenvalue weighted by Crippen LogP contribution is 2.16. The molecule has 2 amide bonds. The zero-order chi connectivity index (χ0) is 18.0. The van der Waals surface area contributed by atoms with Gasteiger partial charge in [0.1, 0.15) is 5.60 Å². The van der Waals surface area contributed by atoms with Crippen LogP contribution < -0.4 is 10.6 Å². The van der Waals surface area contributed by atoms with E-state index in [1.165, 1.54) is 0 Å². The van der Waals surface area contributed by atoms with Crippen molar-refractivity contribution in [1.29, 1.82) is 0 Å². The Balaban J connectivity index is 2.04. The number of carbonyl (C=O) groups excluding carboxylic acids is 2. The average molecular weight is 399 g/mol. The largest absolute Gasteiger partial charge is 0.444 e. The molecule has 0 bridgehead atoms. The number of benzene rings is 1. The molecule has 0 aliphatic heterocycles. The number of hydrogen-bond acceptors (Lipinski definition) is 3. The number of unbranched alkanes of at least 4 members (excludes halogenated alkanes) is 3. The topological polar surface area (TPSA) is 67.4 Å². The minimum Gasteiger partial charge on any atom is -0.444 e. The van der Waals surface area contributed by atoms with E-state index >= 15 is 0 Å². The highest BCUT2D eigenvalue weighted by Gasteiger charge is 2.15. The Labute approximate surface area is 152 Å². The molecule has 0 saturated carbocycles. The van der Waals surface area contributed by atoms with Crippen LogP contribution in [0.2, 0.25) is 0 Å². The van der Waals surface area contributed by atoms with E-state index < -0.39 is 5.60 Å². The van der Waals surface area contributed by atoms with Gasteiger partial charge in [-0.1, -0.05) is 34.8 Å². The summed E-state index contributed by atoms with van der Waals surface area (Å²) in [4.78, 5) is 23.3.